The van der Waals surface area contributed by atoms with E-state index in [1.165, 1.54) is 12.1 Å². The summed E-state index contributed by atoms with van der Waals surface area (Å²) in [7, 11) is 0. The van der Waals surface area contributed by atoms with Gasteiger partial charge in [-0.25, -0.2) is 9.07 Å². The lowest BCUT2D eigenvalue weighted by molar-refractivity contribution is -0.130. The fraction of sp³-hybridized carbons (Fsp3) is 0.429. The molecule has 1 atom stereocenters. The van der Waals surface area contributed by atoms with Crippen molar-refractivity contribution in [2.24, 2.45) is 0 Å². The first-order chi connectivity index (χ1) is 10.6. The van der Waals surface area contributed by atoms with Gasteiger partial charge in [-0.1, -0.05) is 5.21 Å². The van der Waals surface area contributed by atoms with Gasteiger partial charge in [0.25, 0.3) is 5.56 Å². The van der Waals surface area contributed by atoms with Crippen LogP contribution in [0.1, 0.15) is 12.8 Å². The van der Waals surface area contributed by atoms with E-state index < -0.39 is 17.5 Å². The average molecular weight is 306 g/mol. The van der Waals surface area contributed by atoms with Crippen molar-refractivity contribution in [1.82, 2.24) is 20.3 Å². The molecule has 1 unspecified atom stereocenters. The molecule has 1 amide bonds. The molecular formula is C14H15FN4O3. The van der Waals surface area contributed by atoms with Crippen molar-refractivity contribution in [1.29, 1.82) is 0 Å². The zero-order chi connectivity index (χ0) is 15.5. The SMILES string of the molecule is O=C(NCCn1nnc2ccc(F)cc2c1=O)C1CCCO1. The Balaban J connectivity index is 1.67. The van der Waals surface area contributed by atoms with Gasteiger partial charge < -0.3 is 10.1 Å². The minimum absolute atomic E-state index is 0.163. The quantitative estimate of drug-likeness (QED) is 0.873. The lowest BCUT2D eigenvalue weighted by Crippen LogP contribution is -2.38. The monoisotopic (exact) mass is 306 g/mol. The van der Waals surface area contributed by atoms with Gasteiger partial charge in [-0.05, 0) is 31.0 Å². The molecule has 1 aliphatic rings. The predicted octanol–water partition coefficient (Wildman–Crippen LogP) is 0.226. The van der Waals surface area contributed by atoms with Crippen LogP contribution in [0.15, 0.2) is 23.0 Å². The van der Waals surface area contributed by atoms with Crippen molar-refractivity contribution in [3.63, 3.8) is 0 Å². The largest absolute Gasteiger partial charge is 0.368 e. The molecule has 0 aliphatic carbocycles. The van der Waals surface area contributed by atoms with E-state index in [1.54, 1.807) is 0 Å². The van der Waals surface area contributed by atoms with Gasteiger partial charge >= 0.3 is 0 Å². The van der Waals surface area contributed by atoms with Gasteiger partial charge in [0, 0.05) is 13.2 Å². The van der Waals surface area contributed by atoms with Crippen LogP contribution in [0.5, 0.6) is 0 Å². The number of halogens is 1. The molecule has 8 heteroatoms. The van der Waals surface area contributed by atoms with Crippen molar-refractivity contribution >= 4 is 16.8 Å². The molecule has 0 saturated carbocycles. The number of carbonyl (C=O) groups is 1. The van der Waals surface area contributed by atoms with E-state index in [2.05, 4.69) is 15.6 Å². The van der Waals surface area contributed by atoms with Crippen LogP contribution < -0.4 is 10.9 Å². The third-order valence-electron chi connectivity index (χ3n) is 3.53. The van der Waals surface area contributed by atoms with Crippen LogP contribution in [0.2, 0.25) is 0 Å². The van der Waals surface area contributed by atoms with Crippen LogP contribution in [0, 0.1) is 5.82 Å². The Hall–Kier alpha value is -2.35. The minimum Gasteiger partial charge on any atom is -0.368 e. The zero-order valence-electron chi connectivity index (χ0n) is 11.8. The number of nitrogens with zero attached hydrogens (tertiary/aromatic N) is 3. The van der Waals surface area contributed by atoms with Crippen LogP contribution in [-0.4, -0.2) is 40.2 Å². The molecule has 1 aromatic carbocycles. The summed E-state index contributed by atoms with van der Waals surface area (Å²) in [5, 5.41) is 10.5. The number of aromatic nitrogens is 3. The van der Waals surface area contributed by atoms with Crippen molar-refractivity contribution in [2.45, 2.75) is 25.5 Å². The Morgan fingerprint density at radius 3 is 3.14 bits per heavy atom. The highest BCUT2D eigenvalue weighted by Gasteiger charge is 2.22. The van der Waals surface area contributed by atoms with Gasteiger partial charge in [-0.3, -0.25) is 9.59 Å². The van der Waals surface area contributed by atoms with Crippen molar-refractivity contribution < 1.29 is 13.9 Å². The highest BCUT2D eigenvalue weighted by atomic mass is 19.1. The molecule has 2 aromatic rings. The zero-order valence-corrected chi connectivity index (χ0v) is 11.8. The van der Waals surface area contributed by atoms with Crippen molar-refractivity contribution in [2.75, 3.05) is 13.2 Å². The molecule has 2 heterocycles. The number of fused-ring (bicyclic) bond motifs is 1. The van der Waals surface area contributed by atoms with Crippen LogP contribution in [0.4, 0.5) is 4.39 Å². The number of carbonyl (C=O) groups excluding carboxylic acids is 1. The van der Waals surface area contributed by atoms with E-state index in [-0.39, 0.29) is 24.4 Å². The third kappa shape index (κ3) is 2.96. The number of amides is 1. The second-order valence-corrected chi connectivity index (χ2v) is 5.07. The number of rotatable bonds is 4. The van der Waals surface area contributed by atoms with E-state index in [0.717, 1.165) is 17.2 Å². The van der Waals surface area contributed by atoms with Gasteiger partial charge in [0.1, 0.15) is 17.4 Å². The Morgan fingerprint density at radius 2 is 2.36 bits per heavy atom. The van der Waals surface area contributed by atoms with E-state index in [1.807, 2.05) is 0 Å². The molecule has 0 spiro atoms. The second kappa shape index (κ2) is 6.18. The Labute approximate surface area is 125 Å². The first kappa shape index (κ1) is 14.6. The predicted molar refractivity (Wildman–Crippen MR) is 75.7 cm³/mol. The Bertz CT molecular complexity index is 755. The van der Waals surface area contributed by atoms with E-state index in [0.29, 0.717) is 18.5 Å². The molecule has 1 N–H and O–H groups in total. The van der Waals surface area contributed by atoms with Crippen LogP contribution >= 0.6 is 0 Å². The smallest absolute Gasteiger partial charge is 0.277 e. The summed E-state index contributed by atoms with van der Waals surface area (Å²) in [5.41, 5.74) is -0.0955. The van der Waals surface area contributed by atoms with Gasteiger partial charge in [0.2, 0.25) is 5.91 Å². The molecule has 22 heavy (non-hydrogen) atoms. The first-order valence-corrected chi connectivity index (χ1v) is 7.07. The standard InChI is InChI=1S/C14H15FN4O3/c15-9-3-4-11-10(8-9)14(21)19(18-17-11)6-5-16-13(20)12-2-1-7-22-12/h3-4,8,12H,1-2,5-7H2,(H,16,20). The maximum Gasteiger partial charge on any atom is 0.277 e. The third-order valence-corrected chi connectivity index (χ3v) is 3.53. The van der Waals surface area contributed by atoms with E-state index in [9.17, 15) is 14.0 Å². The summed E-state index contributed by atoms with van der Waals surface area (Å²) in [4.78, 5) is 23.9. The number of ether oxygens (including phenoxy) is 1. The lowest BCUT2D eigenvalue weighted by atomic mass is 10.2. The molecule has 1 aromatic heterocycles. The summed E-state index contributed by atoms with van der Waals surface area (Å²) in [6, 6.07) is 3.76. The highest BCUT2D eigenvalue weighted by Crippen LogP contribution is 2.11. The lowest BCUT2D eigenvalue weighted by Gasteiger charge is -2.10. The fourth-order valence-electron chi connectivity index (χ4n) is 2.38. The maximum absolute atomic E-state index is 13.2. The Morgan fingerprint density at radius 1 is 1.50 bits per heavy atom. The molecule has 0 bridgehead atoms. The topological polar surface area (TPSA) is 86.1 Å². The molecule has 3 rings (SSSR count). The van der Waals surface area contributed by atoms with Crippen LogP contribution in [0.25, 0.3) is 10.9 Å². The Kier molecular flexibility index (Phi) is 4.10. The summed E-state index contributed by atoms with van der Waals surface area (Å²) < 4.78 is 19.6. The van der Waals surface area contributed by atoms with Gasteiger partial charge in [0.15, 0.2) is 0 Å². The van der Waals surface area contributed by atoms with Gasteiger partial charge in [0.05, 0.1) is 11.9 Å². The van der Waals surface area contributed by atoms with E-state index in [4.69, 9.17) is 4.74 Å². The van der Waals surface area contributed by atoms with Crippen molar-refractivity contribution in [3.05, 3.63) is 34.4 Å². The number of hydrogen-bond acceptors (Lipinski definition) is 5. The molecule has 116 valence electrons. The van der Waals surface area contributed by atoms with Gasteiger partial charge in [-0.15, -0.1) is 5.10 Å². The molecule has 1 aliphatic heterocycles. The van der Waals surface area contributed by atoms with Crippen LogP contribution in [-0.2, 0) is 16.1 Å². The van der Waals surface area contributed by atoms with E-state index >= 15 is 0 Å². The summed E-state index contributed by atoms with van der Waals surface area (Å²) in [6.45, 7) is 0.990. The number of nitrogens with one attached hydrogen (secondary N) is 1. The number of benzene rings is 1. The van der Waals surface area contributed by atoms with Crippen molar-refractivity contribution in [3.8, 4) is 0 Å². The minimum atomic E-state index is -0.504. The summed E-state index contributed by atoms with van der Waals surface area (Å²) >= 11 is 0. The van der Waals surface area contributed by atoms with Crippen LogP contribution in [0.3, 0.4) is 0 Å². The fourth-order valence-corrected chi connectivity index (χ4v) is 2.38. The molecule has 1 fully saturated rings. The molecular weight excluding hydrogens is 291 g/mol. The van der Waals surface area contributed by atoms with Gasteiger partial charge in [-0.2, -0.15) is 0 Å². The highest BCUT2D eigenvalue weighted by molar-refractivity contribution is 5.81. The molecule has 1 saturated heterocycles. The number of hydrogen-bond donors (Lipinski definition) is 1. The summed E-state index contributed by atoms with van der Waals surface area (Å²) in [5.74, 6) is -0.693. The molecule has 7 nitrogen and oxygen atoms in total. The maximum atomic E-state index is 13.2. The second-order valence-electron chi connectivity index (χ2n) is 5.07. The average Bonchev–Trinajstić information content (AvgIpc) is 3.04. The summed E-state index contributed by atoms with van der Waals surface area (Å²) in [6.07, 6.45) is 1.17. The normalized spacial score (nSPS) is 17.8. The molecule has 0 radical (unpaired) electrons. The first-order valence-electron chi connectivity index (χ1n) is 7.07.